The summed E-state index contributed by atoms with van der Waals surface area (Å²) >= 11 is 7.19. The van der Waals surface area contributed by atoms with Gasteiger partial charge in [0.2, 0.25) is 15.9 Å². The van der Waals surface area contributed by atoms with Gasteiger partial charge >= 0.3 is 4.87 Å². The molecular weight excluding hydrogens is 470 g/mol. The van der Waals surface area contributed by atoms with Crippen molar-refractivity contribution in [1.82, 2.24) is 4.57 Å². The van der Waals surface area contributed by atoms with E-state index in [-0.39, 0.29) is 29.8 Å². The molecule has 0 unspecified atom stereocenters. The molecule has 3 rings (SSSR count). The van der Waals surface area contributed by atoms with E-state index in [1.54, 1.807) is 34.9 Å². The number of sulfonamides is 1. The van der Waals surface area contributed by atoms with E-state index in [1.165, 1.54) is 4.31 Å². The first-order chi connectivity index (χ1) is 15.0. The summed E-state index contributed by atoms with van der Waals surface area (Å²) in [6.45, 7) is 5.88. The Labute approximate surface area is 196 Å². The number of halogens is 1. The Bertz CT molecular complexity index is 1310. The minimum Gasteiger partial charge on any atom is -0.326 e. The standard InChI is InChI=1S/C22H26ClN3O4S2/c1-14(2)26-18-10-9-17(13-20(18)31-22(26)28)24-21(27)6-5-11-25(32(4,29)30)19-12-16(23)8-7-15(19)3/h7-10,12-14H,5-6,11H2,1-4H3,(H,24,27). The van der Waals surface area contributed by atoms with E-state index in [0.717, 1.165) is 33.4 Å². The van der Waals surface area contributed by atoms with Gasteiger partial charge < -0.3 is 5.32 Å². The second kappa shape index (κ2) is 9.64. The fourth-order valence-corrected chi connectivity index (χ4v) is 5.76. The quantitative estimate of drug-likeness (QED) is 0.486. The van der Waals surface area contributed by atoms with Gasteiger partial charge in [-0.05, 0) is 63.1 Å². The number of carbonyl (C=O) groups is 1. The topological polar surface area (TPSA) is 88.5 Å². The minimum atomic E-state index is -3.53. The number of anilines is 2. The van der Waals surface area contributed by atoms with Crippen LogP contribution in [-0.4, -0.2) is 31.7 Å². The number of hydrogen-bond acceptors (Lipinski definition) is 5. The number of nitrogens with one attached hydrogen (secondary N) is 1. The summed E-state index contributed by atoms with van der Waals surface area (Å²) in [6.07, 6.45) is 1.62. The lowest BCUT2D eigenvalue weighted by atomic mass is 10.2. The highest BCUT2D eigenvalue weighted by atomic mass is 35.5. The number of thiazole rings is 1. The lowest BCUT2D eigenvalue weighted by Gasteiger charge is -2.24. The van der Waals surface area contributed by atoms with Crippen LogP contribution in [0.3, 0.4) is 0 Å². The number of aromatic nitrogens is 1. The van der Waals surface area contributed by atoms with Crippen LogP contribution < -0.4 is 14.5 Å². The van der Waals surface area contributed by atoms with Crippen LogP contribution in [0.25, 0.3) is 10.2 Å². The monoisotopic (exact) mass is 495 g/mol. The van der Waals surface area contributed by atoms with Gasteiger partial charge in [-0.15, -0.1) is 0 Å². The maximum Gasteiger partial charge on any atom is 0.308 e. The molecule has 0 aliphatic carbocycles. The molecule has 10 heteroatoms. The fourth-order valence-electron chi connectivity index (χ4n) is 3.53. The number of rotatable bonds is 8. The lowest BCUT2D eigenvalue weighted by molar-refractivity contribution is -0.116. The minimum absolute atomic E-state index is 0.0318. The zero-order valence-corrected chi connectivity index (χ0v) is 20.8. The molecular formula is C22H26ClN3O4S2. The second-order valence-corrected chi connectivity index (χ2v) is 11.3. The van der Waals surface area contributed by atoms with E-state index in [2.05, 4.69) is 5.32 Å². The van der Waals surface area contributed by atoms with Crippen molar-refractivity contribution in [3.63, 3.8) is 0 Å². The molecule has 0 aliphatic heterocycles. The number of aryl methyl sites for hydroxylation is 1. The maximum absolute atomic E-state index is 12.5. The van der Waals surface area contributed by atoms with Crippen LogP contribution in [0.2, 0.25) is 5.02 Å². The molecule has 3 aromatic rings. The number of fused-ring (bicyclic) bond motifs is 1. The fraction of sp³-hybridized carbons (Fsp3) is 0.364. The molecule has 1 aromatic heterocycles. The first kappa shape index (κ1) is 24.3. The SMILES string of the molecule is Cc1ccc(Cl)cc1N(CCCC(=O)Nc1ccc2c(c1)sc(=O)n2C(C)C)S(C)(=O)=O. The molecule has 2 aromatic carbocycles. The van der Waals surface area contributed by atoms with Crippen LogP contribution in [-0.2, 0) is 14.8 Å². The van der Waals surface area contributed by atoms with Crippen LogP contribution in [0, 0.1) is 6.92 Å². The van der Waals surface area contributed by atoms with Crippen molar-refractivity contribution in [3.8, 4) is 0 Å². The average Bonchev–Trinajstić information content (AvgIpc) is 3.01. The van der Waals surface area contributed by atoms with E-state index in [9.17, 15) is 18.0 Å². The Hall–Kier alpha value is -2.36. The molecule has 0 bridgehead atoms. The van der Waals surface area contributed by atoms with Crippen molar-refractivity contribution in [2.45, 2.75) is 39.7 Å². The molecule has 0 spiro atoms. The largest absolute Gasteiger partial charge is 0.326 e. The Balaban J connectivity index is 1.67. The van der Waals surface area contributed by atoms with E-state index in [4.69, 9.17) is 11.6 Å². The lowest BCUT2D eigenvalue weighted by Crippen LogP contribution is -2.32. The number of benzene rings is 2. The molecule has 32 heavy (non-hydrogen) atoms. The van der Waals surface area contributed by atoms with Gasteiger partial charge in [-0.1, -0.05) is 29.0 Å². The van der Waals surface area contributed by atoms with Crippen molar-refractivity contribution in [3.05, 3.63) is 56.7 Å². The third-order valence-corrected chi connectivity index (χ3v) is 7.35. The highest BCUT2D eigenvalue weighted by molar-refractivity contribution is 7.92. The Morgan fingerprint density at radius 3 is 2.59 bits per heavy atom. The highest BCUT2D eigenvalue weighted by Crippen LogP contribution is 2.27. The number of carbonyl (C=O) groups excluding carboxylic acids is 1. The molecule has 0 atom stereocenters. The third-order valence-electron chi connectivity index (χ3n) is 5.02. The molecule has 7 nitrogen and oxygen atoms in total. The average molecular weight is 496 g/mol. The van der Waals surface area contributed by atoms with Crippen molar-refractivity contribution in [1.29, 1.82) is 0 Å². The molecule has 1 heterocycles. The van der Waals surface area contributed by atoms with Crippen LogP contribution in [0.5, 0.6) is 0 Å². The van der Waals surface area contributed by atoms with Gasteiger partial charge in [0.05, 0.1) is 22.2 Å². The molecule has 1 amide bonds. The summed E-state index contributed by atoms with van der Waals surface area (Å²) in [5.41, 5.74) is 2.74. The highest BCUT2D eigenvalue weighted by Gasteiger charge is 2.20. The molecule has 0 saturated carbocycles. The van der Waals surface area contributed by atoms with E-state index in [1.807, 2.05) is 26.8 Å². The van der Waals surface area contributed by atoms with Crippen molar-refractivity contribution in [2.24, 2.45) is 0 Å². The molecule has 0 aliphatic rings. The predicted octanol–water partition coefficient (Wildman–Crippen LogP) is 4.79. The van der Waals surface area contributed by atoms with Crippen LogP contribution >= 0.6 is 22.9 Å². The summed E-state index contributed by atoms with van der Waals surface area (Å²) < 4.78 is 28.4. The zero-order chi connectivity index (χ0) is 23.6. The number of nitrogens with zero attached hydrogens (tertiary/aromatic N) is 2. The van der Waals surface area contributed by atoms with Gasteiger partial charge in [0.1, 0.15) is 0 Å². The summed E-state index contributed by atoms with van der Waals surface area (Å²) in [7, 11) is -3.53. The normalized spacial score (nSPS) is 11.8. The Morgan fingerprint density at radius 2 is 1.94 bits per heavy atom. The van der Waals surface area contributed by atoms with Gasteiger partial charge in [0.25, 0.3) is 0 Å². The smallest absolute Gasteiger partial charge is 0.308 e. The summed E-state index contributed by atoms with van der Waals surface area (Å²) in [6, 6.07) is 10.5. The second-order valence-electron chi connectivity index (χ2n) is 7.93. The third kappa shape index (κ3) is 5.51. The van der Waals surface area contributed by atoms with Crippen LogP contribution in [0.4, 0.5) is 11.4 Å². The predicted molar refractivity (Wildman–Crippen MR) is 133 cm³/mol. The van der Waals surface area contributed by atoms with Crippen molar-refractivity contribution < 1.29 is 13.2 Å². The van der Waals surface area contributed by atoms with Gasteiger partial charge in [-0.2, -0.15) is 0 Å². The van der Waals surface area contributed by atoms with Crippen LogP contribution in [0.1, 0.15) is 38.3 Å². The Kier molecular flexibility index (Phi) is 7.32. The van der Waals surface area contributed by atoms with Gasteiger partial charge in [0.15, 0.2) is 0 Å². The van der Waals surface area contributed by atoms with E-state index < -0.39 is 10.0 Å². The van der Waals surface area contributed by atoms with Crippen molar-refractivity contribution in [2.75, 3.05) is 22.4 Å². The summed E-state index contributed by atoms with van der Waals surface area (Å²) in [5, 5.41) is 3.28. The molecule has 0 saturated heterocycles. The maximum atomic E-state index is 12.5. The zero-order valence-electron chi connectivity index (χ0n) is 18.4. The van der Waals surface area contributed by atoms with E-state index >= 15 is 0 Å². The molecule has 1 N–H and O–H groups in total. The summed E-state index contributed by atoms with van der Waals surface area (Å²) in [4.78, 5) is 24.6. The van der Waals surface area contributed by atoms with Gasteiger partial charge in [0, 0.05) is 29.7 Å². The van der Waals surface area contributed by atoms with E-state index in [0.29, 0.717) is 22.8 Å². The molecule has 172 valence electrons. The van der Waals surface area contributed by atoms with Gasteiger partial charge in [-0.25, -0.2) is 8.42 Å². The molecule has 0 fully saturated rings. The first-order valence-electron chi connectivity index (χ1n) is 10.2. The van der Waals surface area contributed by atoms with Gasteiger partial charge in [-0.3, -0.25) is 18.5 Å². The first-order valence-corrected chi connectivity index (χ1v) is 13.2. The van der Waals surface area contributed by atoms with Crippen LogP contribution in [0.15, 0.2) is 41.2 Å². The van der Waals surface area contributed by atoms with Crippen molar-refractivity contribution >= 4 is 60.5 Å². The number of amides is 1. The number of hydrogen-bond donors (Lipinski definition) is 1. The molecule has 0 radical (unpaired) electrons. The Morgan fingerprint density at radius 1 is 1.22 bits per heavy atom. The summed E-state index contributed by atoms with van der Waals surface area (Å²) in [5.74, 6) is -0.226.